The Morgan fingerprint density at radius 1 is 1.14 bits per heavy atom. The van der Waals surface area contributed by atoms with Gasteiger partial charge < -0.3 is 14.7 Å². The third-order valence-corrected chi connectivity index (χ3v) is 8.06. The number of aryl methyl sites for hydroxylation is 3. The van der Waals surface area contributed by atoms with Gasteiger partial charge in [-0.15, -0.1) is 22.7 Å². The number of ether oxygens (including phenoxy) is 1. The Labute approximate surface area is 183 Å². The summed E-state index contributed by atoms with van der Waals surface area (Å²) in [6.45, 7) is 8.04. The summed E-state index contributed by atoms with van der Waals surface area (Å²) in [5.41, 5.74) is 4.36. The summed E-state index contributed by atoms with van der Waals surface area (Å²) in [6.07, 6.45) is 1.74. The normalized spacial score (nSPS) is 10.4. The molecule has 0 atom stereocenters. The zero-order chi connectivity index (χ0) is 21.3. The molecule has 148 valence electrons. The summed E-state index contributed by atoms with van der Waals surface area (Å²) in [6, 6.07) is 4.23. The standard InChI is InChI=1S/C12H12N2O2S.C8H5BrN2S/c1-4-16-12(15)10-8(5-13)11-9(14-10)6(2)7(3)17-11;1-4-6(9)7-8(12-4)5(2-10)3-11-7/h14H,4H2,1-3H3;3,11H,1H3. The summed E-state index contributed by atoms with van der Waals surface area (Å²) in [4.78, 5) is 20.1. The monoisotopic (exact) mass is 488 g/mol. The number of carbonyl (C=O) groups is 1. The molecule has 0 bridgehead atoms. The number of carbonyl (C=O) groups excluding carboxylic acids is 1. The molecule has 2 N–H and O–H groups in total. The van der Waals surface area contributed by atoms with E-state index in [1.165, 1.54) is 16.2 Å². The Balaban J connectivity index is 0.000000176. The van der Waals surface area contributed by atoms with E-state index in [4.69, 9.17) is 15.3 Å². The fraction of sp³-hybridized carbons (Fsp3) is 0.250. The van der Waals surface area contributed by atoms with Crippen molar-refractivity contribution < 1.29 is 9.53 Å². The third kappa shape index (κ3) is 3.69. The Morgan fingerprint density at radius 3 is 2.45 bits per heavy atom. The van der Waals surface area contributed by atoms with Gasteiger partial charge in [0.25, 0.3) is 0 Å². The molecule has 6 nitrogen and oxygen atoms in total. The van der Waals surface area contributed by atoms with Gasteiger partial charge in [0.2, 0.25) is 0 Å². The molecule has 29 heavy (non-hydrogen) atoms. The molecule has 0 radical (unpaired) electrons. The van der Waals surface area contributed by atoms with Gasteiger partial charge in [-0.2, -0.15) is 10.5 Å². The Morgan fingerprint density at radius 2 is 1.83 bits per heavy atom. The highest BCUT2D eigenvalue weighted by Gasteiger charge is 2.22. The van der Waals surface area contributed by atoms with E-state index in [1.807, 2.05) is 20.8 Å². The number of H-pyrrole nitrogens is 2. The minimum atomic E-state index is -0.468. The van der Waals surface area contributed by atoms with Crippen LogP contribution in [0.15, 0.2) is 10.7 Å². The second-order valence-corrected chi connectivity index (χ2v) is 9.43. The second kappa shape index (κ2) is 8.42. The van der Waals surface area contributed by atoms with E-state index in [-0.39, 0.29) is 5.69 Å². The van der Waals surface area contributed by atoms with Crippen molar-refractivity contribution in [1.29, 1.82) is 10.5 Å². The summed E-state index contributed by atoms with van der Waals surface area (Å²) >= 11 is 6.62. The average Bonchev–Trinajstić information content (AvgIpc) is 3.41. The first-order chi connectivity index (χ1) is 13.8. The lowest BCUT2D eigenvalue weighted by Crippen LogP contribution is -2.06. The van der Waals surface area contributed by atoms with Crippen molar-refractivity contribution >= 4 is 65.0 Å². The van der Waals surface area contributed by atoms with Crippen molar-refractivity contribution in [2.45, 2.75) is 27.7 Å². The highest BCUT2D eigenvalue weighted by atomic mass is 79.9. The maximum absolute atomic E-state index is 11.7. The van der Waals surface area contributed by atoms with Crippen molar-refractivity contribution in [3.63, 3.8) is 0 Å². The highest BCUT2D eigenvalue weighted by Crippen LogP contribution is 2.36. The predicted octanol–water partition coefficient (Wildman–Crippen LogP) is 6.07. The smallest absolute Gasteiger partial charge is 0.356 e. The van der Waals surface area contributed by atoms with Crippen molar-refractivity contribution in [2.24, 2.45) is 0 Å². The molecule has 0 amide bonds. The molecular formula is C20H17BrN4O2S2. The van der Waals surface area contributed by atoms with E-state index in [1.54, 1.807) is 24.5 Å². The van der Waals surface area contributed by atoms with Gasteiger partial charge >= 0.3 is 5.97 Å². The minimum absolute atomic E-state index is 0.263. The Hall–Kier alpha value is -2.59. The number of aromatic amines is 2. The molecule has 0 fully saturated rings. The van der Waals surface area contributed by atoms with Gasteiger partial charge in [0.05, 0.1) is 37.1 Å². The molecule has 0 unspecified atom stereocenters. The zero-order valence-electron chi connectivity index (χ0n) is 16.2. The van der Waals surface area contributed by atoms with Crippen LogP contribution < -0.4 is 0 Å². The number of rotatable bonds is 2. The average molecular weight is 489 g/mol. The molecule has 0 aliphatic carbocycles. The van der Waals surface area contributed by atoms with Crippen molar-refractivity contribution in [3.8, 4) is 12.1 Å². The van der Waals surface area contributed by atoms with Gasteiger partial charge in [-0.05, 0) is 49.2 Å². The molecule has 4 heterocycles. The van der Waals surface area contributed by atoms with Crippen LogP contribution in [-0.4, -0.2) is 22.5 Å². The molecule has 9 heteroatoms. The molecule has 4 rings (SSSR count). The summed E-state index contributed by atoms with van der Waals surface area (Å²) < 4.78 is 7.88. The van der Waals surface area contributed by atoms with Crippen LogP contribution in [0.1, 0.15) is 43.9 Å². The van der Waals surface area contributed by atoms with Gasteiger partial charge in [-0.25, -0.2) is 4.79 Å². The molecule has 0 aromatic carbocycles. The van der Waals surface area contributed by atoms with Crippen LogP contribution in [0.5, 0.6) is 0 Å². The van der Waals surface area contributed by atoms with Crippen molar-refractivity contribution in [2.75, 3.05) is 6.61 Å². The topological polar surface area (TPSA) is 105 Å². The van der Waals surface area contributed by atoms with Crippen LogP contribution in [-0.2, 0) is 4.74 Å². The maximum atomic E-state index is 11.7. The quantitative estimate of drug-likeness (QED) is 0.334. The highest BCUT2D eigenvalue weighted by molar-refractivity contribution is 9.10. The summed E-state index contributed by atoms with van der Waals surface area (Å²) in [7, 11) is 0. The largest absolute Gasteiger partial charge is 0.461 e. The third-order valence-electron chi connectivity index (χ3n) is 4.44. The molecule has 0 aliphatic rings. The fourth-order valence-corrected chi connectivity index (χ4v) is 5.63. The number of aromatic nitrogens is 2. The Bertz CT molecular complexity index is 1310. The number of halogens is 1. The molecule has 0 spiro atoms. The van der Waals surface area contributed by atoms with E-state index >= 15 is 0 Å². The molecule has 0 aliphatic heterocycles. The lowest BCUT2D eigenvalue weighted by atomic mass is 10.2. The van der Waals surface area contributed by atoms with Crippen LogP contribution in [0.25, 0.3) is 20.4 Å². The van der Waals surface area contributed by atoms with Crippen LogP contribution in [0.4, 0.5) is 0 Å². The predicted molar refractivity (Wildman–Crippen MR) is 120 cm³/mol. The van der Waals surface area contributed by atoms with Gasteiger partial charge in [0.1, 0.15) is 23.4 Å². The number of nitrogens with one attached hydrogen (secondary N) is 2. The van der Waals surface area contributed by atoms with Gasteiger partial charge in [0.15, 0.2) is 0 Å². The van der Waals surface area contributed by atoms with Crippen LogP contribution in [0.2, 0.25) is 0 Å². The number of nitriles is 2. The first-order valence-corrected chi connectivity index (χ1v) is 11.1. The molecular weight excluding hydrogens is 472 g/mol. The summed E-state index contributed by atoms with van der Waals surface area (Å²) in [5.74, 6) is -0.468. The van der Waals surface area contributed by atoms with Crippen LogP contribution in [0.3, 0.4) is 0 Å². The number of hydrogen-bond donors (Lipinski definition) is 2. The SMILES string of the molecule is CCOC(=O)c1[nH]c2c(C)c(C)sc2c1C#N.Cc1sc2c(C#N)c[nH]c2c1Br. The second-order valence-electron chi connectivity index (χ2n) is 6.19. The van der Waals surface area contributed by atoms with Crippen molar-refractivity contribution in [1.82, 2.24) is 9.97 Å². The zero-order valence-corrected chi connectivity index (χ0v) is 19.4. The number of nitrogens with zero attached hydrogens (tertiary/aromatic N) is 2. The van der Waals surface area contributed by atoms with Gasteiger partial charge in [0, 0.05) is 16.0 Å². The molecule has 4 aromatic rings. The van der Waals surface area contributed by atoms with E-state index in [2.05, 4.69) is 38.0 Å². The maximum Gasteiger partial charge on any atom is 0.356 e. The first kappa shape index (κ1) is 21.1. The van der Waals surface area contributed by atoms with Crippen molar-refractivity contribution in [3.05, 3.63) is 42.8 Å². The van der Waals surface area contributed by atoms with Crippen LogP contribution >= 0.6 is 38.6 Å². The summed E-state index contributed by atoms with van der Waals surface area (Å²) in [5, 5.41) is 17.9. The number of thiophene rings is 2. The van der Waals surface area contributed by atoms with Crippen LogP contribution in [0, 0.1) is 43.4 Å². The molecule has 4 aromatic heterocycles. The van der Waals surface area contributed by atoms with E-state index in [9.17, 15) is 4.79 Å². The molecule has 0 saturated carbocycles. The number of hydrogen-bond acceptors (Lipinski definition) is 6. The first-order valence-electron chi connectivity index (χ1n) is 8.68. The minimum Gasteiger partial charge on any atom is -0.461 e. The fourth-order valence-electron chi connectivity index (χ4n) is 2.85. The van der Waals surface area contributed by atoms with Gasteiger partial charge in [-0.3, -0.25) is 0 Å². The Kier molecular flexibility index (Phi) is 6.13. The molecule has 0 saturated heterocycles. The van der Waals surface area contributed by atoms with E-state index in [0.29, 0.717) is 12.2 Å². The van der Waals surface area contributed by atoms with E-state index in [0.717, 1.165) is 40.9 Å². The van der Waals surface area contributed by atoms with Gasteiger partial charge in [-0.1, -0.05) is 0 Å². The lowest BCUT2D eigenvalue weighted by molar-refractivity contribution is 0.0520. The number of esters is 1. The lowest BCUT2D eigenvalue weighted by Gasteiger charge is -1.99. The van der Waals surface area contributed by atoms with E-state index < -0.39 is 5.97 Å². The number of fused-ring (bicyclic) bond motifs is 2.